The molecule has 164 valence electrons. The summed E-state index contributed by atoms with van der Waals surface area (Å²) in [5, 5.41) is 11.1. The molecule has 0 saturated carbocycles. The molecule has 0 aliphatic carbocycles. The summed E-state index contributed by atoms with van der Waals surface area (Å²) in [6.45, 7) is 10.5. The van der Waals surface area contributed by atoms with Crippen LogP contribution in [0.1, 0.15) is 56.8 Å². The van der Waals surface area contributed by atoms with E-state index in [9.17, 15) is 14.7 Å². The van der Waals surface area contributed by atoms with Crippen molar-refractivity contribution in [3.63, 3.8) is 0 Å². The van der Waals surface area contributed by atoms with Crippen LogP contribution < -0.4 is 4.90 Å². The molecule has 0 spiro atoms. The molecule has 1 fully saturated rings. The van der Waals surface area contributed by atoms with E-state index in [1.807, 2.05) is 55.5 Å². The minimum atomic E-state index is -0.622. The van der Waals surface area contributed by atoms with Crippen molar-refractivity contribution in [1.29, 1.82) is 0 Å². The number of aliphatic hydroxyl groups excluding tert-OH is 1. The van der Waals surface area contributed by atoms with Crippen molar-refractivity contribution in [1.82, 2.24) is 4.90 Å². The van der Waals surface area contributed by atoms with Gasteiger partial charge in [0, 0.05) is 30.9 Å². The molecular formula is C26H32N2O3. The lowest BCUT2D eigenvalue weighted by molar-refractivity contribution is -0.139. The molecule has 1 unspecified atom stereocenters. The highest BCUT2D eigenvalue weighted by Crippen LogP contribution is 2.39. The third-order valence-corrected chi connectivity index (χ3v) is 5.98. The van der Waals surface area contributed by atoms with Gasteiger partial charge in [0.1, 0.15) is 5.76 Å². The van der Waals surface area contributed by atoms with Crippen LogP contribution in [-0.2, 0) is 16.0 Å². The Labute approximate surface area is 185 Å². The van der Waals surface area contributed by atoms with E-state index < -0.39 is 17.7 Å². The van der Waals surface area contributed by atoms with Crippen molar-refractivity contribution in [3.8, 4) is 0 Å². The van der Waals surface area contributed by atoms with Crippen LogP contribution in [0.15, 0.2) is 54.1 Å². The molecule has 31 heavy (non-hydrogen) atoms. The molecule has 3 rings (SSSR count). The van der Waals surface area contributed by atoms with Gasteiger partial charge in [-0.15, -0.1) is 0 Å². The molecular weight excluding hydrogens is 388 g/mol. The van der Waals surface area contributed by atoms with Gasteiger partial charge in [0.25, 0.3) is 11.7 Å². The first-order valence-electron chi connectivity index (χ1n) is 11.2. The minimum absolute atomic E-state index is 0.113. The Morgan fingerprint density at radius 3 is 2.06 bits per heavy atom. The third kappa shape index (κ3) is 4.36. The van der Waals surface area contributed by atoms with E-state index in [0.29, 0.717) is 12.1 Å². The third-order valence-electron chi connectivity index (χ3n) is 5.98. The number of hydrogen-bond donors (Lipinski definition) is 1. The van der Waals surface area contributed by atoms with Crippen LogP contribution in [-0.4, -0.2) is 41.3 Å². The van der Waals surface area contributed by atoms with Gasteiger partial charge >= 0.3 is 0 Å². The average Bonchev–Trinajstić information content (AvgIpc) is 3.05. The Balaban J connectivity index is 2.09. The molecule has 0 radical (unpaired) electrons. The van der Waals surface area contributed by atoms with Crippen LogP contribution >= 0.6 is 0 Å². The summed E-state index contributed by atoms with van der Waals surface area (Å²) in [6, 6.07) is 14.9. The standard InChI is InChI=1S/C26H32N2O3/c1-5-17-28-23(19-13-15-21(16-14-19)27(7-3)8-4)22(25(30)26(28)31)24(29)20-11-9-18(6-2)10-12-20/h9-16,23,29H,5-8,17H2,1-4H3/b24-22-. The van der Waals surface area contributed by atoms with E-state index in [-0.39, 0.29) is 11.3 Å². The molecule has 1 heterocycles. The first kappa shape index (κ1) is 22.6. The molecule has 1 saturated heterocycles. The number of benzene rings is 2. The summed E-state index contributed by atoms with van der Waals surface area (Å²) >= 11 is 0. The van der Waals surface area contributed by atoms with Gasteiger partial charge in [-0.05, 0) is 49.9 Å². The van der Waals surface area contributed by atoms with Crippen LogP contribution in [0.2, 0.25) is 0 Å². The monoisotopic (exact) mass is 420 g/mol. The Bertz CT molecular complexity index is 957. The fourth-order valence-electron chi connectivity index (χ4n) is 4.21. The van der Waals surface area contributed by atoms with Crippen molar-refractivity contribution in [2.24, 2.45) is 0 Å². The molecule has 1 aliphatic heterocycles. The molecule has 1 N–H and O–H groups in total. The summed E-state index contributed by atoms with van der Waals surface area (Å²) in [4.78, 5) is 29.6. The van der Waals surface area contributed by atoms with Crippen molar-refractivity contribution in [2.75, 3.05) is 24.5 Å². The zero-order valence-corrected chi connectivity index (χ0v) is 18.9. The maximum atomic E-state index is 13.0. The molecule has 1 aliphatic rings. The van der Waals surface area contributed by atoms with Gasteiger partial charge in [-0.2, -0.15) is 0 Å². The average molecular weight is 421 g/mol. The zero-order valence-electron chi connectivity index (χ0n) is 18.9. The fourth-order valence-corrected chi connectivity index (χ4v) is 4.21. The SMILES string of the molecule is CCCN1C(=O)C(=O)/C(=C(\O)c2ccc(CC)cc2)C1c1ccc(N(CC)CC)cc1. The molecule has 2 aromatic carbocycles. The van der Waals surface area contributed by atoms with E-state index in [4.69, 9.17) is 0 Å². The molecule has 1 atom stereocenters. The number of likely N-dealkylation sites (tertiary alicyclic amines) is 1. The second kappa shape index (κ2) is 9.82. The molecule has 5 nitrogen and oxygen atoms in total. The molecule has 2 aromatic rings. The fraction of sp³-hybridized carbons (Fsp3) is 0.385. The normalized spacial score (nSPS) is 17.9. The highest BCUT2D eigenvalue weighted by molar-refractivity contribution is 6.46. The number of aliphatic hydroxyl groups is 1. The molecule has 1 amide bonds. The van der Waals surface area contributed by atoms with Crippen LogP contribution in [0.4, 0.5) is 5.69 Å². The highest BCUT2D eigenvalue weighted by Gasteiger charge is 2.45. The van der Waals surface area contributed by atoms with E-state index >= 15 is 0 Å². The first-order chi connectivity index (χ1) is 15.0. The Kier molecular flexibility index (Phi) is 7.16. The molecule has 0 bridgehead atoms. The zero-order chi connectivity index (χ0) is 22.5. The predicted octanol–water partition coefficient (Wildman–Crippen LogP) is 4.93. The summed E-state index contributed by atoms with van der Waals surface area (Å²) in [5.41, 5.74) is 3.79. The van der Waals surface area contributed by atoms with Crippen LogP contribution in [0, 0.1) is 0 Å². The van der Waals surface area contributed by atoms with Crippen LogP contribution in [0.3, 0.4) is 0 Å². The number of ketones is 1. The number of hydrogen-bond acceptors (Lipinski definition) is 4. The number of carbonyl (C=O) groups excluding carboxylic acids is 2. The van der Waals surface area contributed by atoms with E-state index in [0.717, 1.165) is 42.7 Å². The second-order valence-corrected chi connectivity index (χ2v) is 7.81. The highest BCUT2D eigenvalue weighted by atomic mass is 16.3. The van der Waals surface area contributed by atoms with Gasteiger partial charge in [0.15, 0.2) is 0 Å². The van der Waals surface area contributed by atoms with Crippen LogP contribution in [0.25, 0.3) is 5.76 Å². The number of aryl methyl sites for hydroxylation is 1. The number of nitrogens with zero attached hydrogens (tertiary/aromatic N) is 2. The van der Waals surface area contributed by atoms with Crippen molar-refractivity contribution < 1.29 is 14.7 Å². The lowest BCUT2D eigenvalue weighted by atomic mass is 9.94. The minimum Gasteiger partial charge on any atom is -0.507 e. The molecule has 0 aromatic heterocycles. The summed E-state index contributed by atoms with van der Waals surface area (Å²) in [6.07, 6.45) is 1.62. The van der Waals surface area contributed by atoms with E-state index in [1.54, 1.807) is 4.90 Å². The first-order valence-corrected chi connectivity index (χ1v) is 11.2. The Morgan fingerprint density at radius 1 is 0.935 bits per heavy atom. The van der Waals surface area contributed by atoms with Gasteiger partial charge in [-0.3, -0.25) is 9.59 Å². The summed E-state index contributed by atoms with van der Waals surface area (Å²) < 4.78 is 0. The number of rotatable bonds is 8. The smallest absolute Gasteiger partial charge is 0.295 e. The van der Waals surface area contributed by atoms with Crippen LogP contribution in [0.5, 0.6) is 0 Å². The number of anilines is 1. The van der Waals surface area contributed by atoms with Gasteiger partial charge < -0.3 is 14.9 Å². The predicted molar refractivity (Wildman–Crippen MR) is 125 cm³/mol. The lowest BCUT2D eigenvalue weighted by Gasteiger charge is -2.26. The van der Waals surface area contributed by atoms with Gasteiger partial charge in [0.05, 0.1) is 11.6 Å². The number of Topliss-reactive ketones (excluding diaryl/α,β-unsaturated/α-hetero) is 1. The Morgan fingerprint density at radius 2 is 1.55 bits per heavy atom. The van der Waals surface area contributed by atoms with Crippen molar-refractivity contribution >= 4 is 23.1 Å². The van der Waals surface area contributed by atoms with Crippen molar-refractivity contribution in [3.05, 3.63) is 70.8 Å². The maximum absolute atomic E-state index is 13.0. The number of carbonyl (C=O) groups is 2. The molecule has 5 heteroatoms. The van der Waals surface area contributed by atoms with Gasteiger partial charge in [-0.1, -0.05) is 50.2 Å². The van der Waals surface area contributed by atoms with Gasteiger partial charge in [-0.25, -0.2) is 0 Å². The largest absolute Gasteiger partial charge is 0.507 e. The maximum Gasteiger partial charge on any atom is 0.295 e. The summed E-state index contributed by atoms with van der Waals surface area (Å²) in [7, 11) is 0. The quantitative estimate of drug-likeness (QED) is 0.374. The van der Waals surface area contributed by atoms with E-state index in [2.05, 4.69) is 25.7 Å². The van der Waals surface area contributed by atoms with E-state index in [1.165, 1.54) is 0 Å². The number of amides is 1. The topological polar surface area (TPSA) is 60.9 Å². The summed E-state index contributed by atoms with van der Waals surface area (Å²) in [5.74, 6) is -1.29. The van der Waals surface area contributed by atoms with Crippen molar-refractivity contribution in [2.45, 2.75) is 46.6 Å². The van der Waals surface area contributed by atoms with Gasteiger partial charge in [0.2, 0.25) is 0 Å². The second-order valence-electron chi connectivity index (χ2n) is 7.81. The Hall–Kier alpha value is -3.08. The lowest BCUT2D eigenvalue weighted by Crippen LogP contribution is -2.30.